The molecule has 0 aliphatic carbocycles. The predicted octanol–water partition coefficient (Wildman–Crippen LogP) is 0.216. The molecule has 0 unspecified atom stereocenters. The Hall–Kier alpha value is -0.310. The van der Waals surface area contributed by atoms with Gasteiger partial charge in [-0.25, -0.2) is 0 Å². The third kappa shape index (κ3) is 3.69. The summed E-state index contributed by atoms with van der Waals surface area (Å²) in [5.41, 5.74) is 0. The molecule has 0 bridgehead atoms. The molecule has 0 atom stereocenters. The van der Waals surface area contributed by atoms with Crippen molar-refractivity contribution in [3.8, 4) is 11.8 Å². The molecule has 0 amide bonds. The van der Waals surface area contributed by atoms with Gasteiger partial charge >= 0.3 is 0 Å². The van der Waals surface area contributed by atoms with E-state index in [1.54, 1.807) is 6.92 Å². The van der Waals surface area contributed by atoms with E-state index in [2.05, 4.69) is 11.8 Å². The summed E-state index contributed by atoms with van der Waals surface area (Å²) >= 11 is 0. The zero-order valence-corrected chi connectivity index (χ0v) is 3.86. The van der Waals surface area contributed by atoms with Crippen LogP contribution in [-0.4, -0.2) is 14.9 Å². The number of hydrogen-bond acceptors (Lipinski definition) is 0. The summed E-state index contributed by atoms with van der Waals surface area (Å²) in [7, 11) is 6.53. The molecule has 0 aromatic carbocycles. The Balaban J connectivity index is 2.79. The zero-order chi connectivity index (χ0) is 4.83. The van der Waals surface area contributed by atoms with Crippen LogP contribution < -0.4 is 0 Å². The molecular weight excluding hydrogens is 69.7 g/mol. The van der Waals surface area contributed by atoms with Crippen LogP contribution in [0.2, 0.25) is 6.32 Å². The molecular formula is C4H5B2. The van der Waals surface area contributed by atoms with Gasteiger partial charge in [-0.1, -0.05) is 0 Å². The van der Waals surface area contributed by atoms with Crippen LogP contribution in [-0.2, 0) is 0 Å². The van der Waals surface area contributed by atoms with Gasteiger partial charge in [0.2, 0.25) is 0 Å². The van der Waals surface area contributed by atoms with Crippen LogP contribution in [0.15, 0.2) is 0 Å². The van der Waals surface area contributed by atoms with Gasteiger partial charge in [0.25, 0.3) is 0 Å². The Morgan fingerprint density at radius 3 is 2.67 bits per heavy atom. The summed E-state index contributed by atoms with van der Waals surface area (Å²) in [6.07, 6.45) is 0.705. The summed E-state index contributed by atoms with van der Waals surface area (Å²) in [6, 6.07) is 0. The molecule has 0 spiro atoms. The van der Waals surface area contributed by atoms with Gasteiger partial charge in [0.05, 0.1) is 7.17 Å². The molecule has 0 saturated heterocycles. The van der Waals surface area contributed by atoms with Gasteiger partial charge < -0.3 is 0 Å². The van der Waals surface area contributed by atoms with E-state index in [1.165, 1.54) is 7.17 Å². The zero-order valence-electron chi connectivity index (χ0n) is 3.86. The molecule has 0 aromatic rings. The Morgan fingerprint density at radius 2 is 2.50 bits per heavy atom. The summed E-state index contributed by atoms with van der Waals surface area (Å²) in [5.74, 6) is 5.47. The van der Waals surface area contributed by atoms with Crippen LogP contribution in [0, 0.1) is 11.8 Å². The molecule has 0 saturated carbocycles. The minimum atomic E-state index is 0.705. The Labute approximate surface area is 41.0 Å². The minimum absolute atomic E-state index is 0.705. The Bertz CT molecular complexity index is 67.4. The molecule has 3 radical (unpaired) electrons. The molecule has 2 heteroatoms. The van der Waals surface area contributed by atoms with Crippen LogP contribution >= 0.6 is 0 Å². The predicted molar refractivity (Wildman–Crippen MR) is 29.8 cm³/mol. The molecule has 0 rings (SSSR count). The highest BCUT2D eigenvalue weighted by molar-refractivity contribution is 6.89. The maximum Gasteiger partial charge on any atom is 0.0706 e. The maximum absolute atomic E-state index is 4.99. The first-order chi connectivity index (χ1) is 2.91. The van der Waals surface area contributed by atoms with E-state index >= 15 is 0 Å². The Kier molecular flexibility index (Phi) is 4.45. The fourth-order valence-corrected chi connectivity index (χ4v) is 0.161. The first kappa shape index (κ1) is 5.69. The van der Waals surface area contributed by atoms with E-state index in [4.69, 9.17) is 7.74 Å². The Morgan fingerprint density at radius 1 is 1.83 bits per heavy atom. The van der Waals surface area contributed by atoms with Crippen molar-refractivity contribution in [2.24, 2.45) is 0 Å². The average Bonchev–Trinajstić information content (AvgIpc) is 1.61. The molecule has 27 valence electrons. The van der Waals surface area contributed by atoms with Crippen molar-refractivity contribution < 1.29 is 0 Å². The van der Waals surface area contributed by atoms with E-state index in [0.29, 0.717) is 6.32 Å². The number of hydrogen-bond donors (Lipinski definition) is 0. The van der Waals surface area contributed by atoms with Crippen LogP contribution in [0.3, 0.4) is 0 Å². The normalized spacial score (nSPS) is 5.50. The third-order valence-electron chi connectivity index (χ3n) is 0.397. The van der Waals surface area contributed by atoms with Gasteiger partial charge in [-0.05, 0) is 13.2 Å². The highest BCUT2D eigenvalue weighted by Gasteiger charge is 1.66. The lowest BCUT2D eigenvalue weighted by molar-refractivity contribution is 1.80. The van der Waals surface area contributed by atoms with Gasteiger partial charge in [-0.15, -0.1) is 11.8 Å². The van der Waals surface area contributed by atoms with Gasteiger partial charge in [0.1, 0.15) is 0 Å². The fourth-order valence-electron chi connectivity index (χ4n) is 0.161. The largest absolute Gasteiger partial charge is 0.113 e. The first-order valence-electron chi connectivity index (χ1n) is 1.85. The van der Waals surface area contributed by atoms with E-state index in [1.807, 2.05) is 0 Å². The van der Waals surface area contributed by atoms with Crippen LogP contribution in [0.1, 0.15) is 6.92 Å². The number of rotatable bonds is 1. The summed E-state index contributed by atoms with van der Waals surface area (Å²) in [6.45, 7) is 1.80. The van der Waals surface area contributed by atoms with Crippen molar-refractivity contribution >= 4 is 14.9 Å². The second-order valence-electron chi connectivity index (χ2n) is 0.867. The summed E-state index contributed by atoms with van der Waals surface area (Å²) < 4.78 is 0. The van der Waals surface area contributed by atoms with Crippen LogP contribution in [0.25, 0.3) is 0 Å². The lowest BCUT2D eigenvalue weighted by atomic mass is 9.54. The molecule has 0 aliphatic heterocycles. The van der Waals surface area contributed by atoms with Gasteiger partial charge in [0, 0.05) is 7.74 Å². The molecule has 0 N–H and O–H groups in total. The molecule has 0 aliphatic rings. The first-order valence-corrected chi connectivity index (χ1v) is 1.85. The van der Waals surface area contributed by atoms with E-state index in [-0.39, 0.29) is 0 Å². The lowest BCUT2D eigenvalue weighted by Crippen LogP contribution is -1.81. The second-order valence-corrected chi connectivity index (χ2v) is 0.867. The molecule has 0 heterocycles. The third-order valence-corrected chi connectivity index (χ3v) is 0.397. The quantitative estimate of drug-likeness (QED) is 0.308. The molecule has 0 fully saturated rings. The lowest BCUT2D eigenvalue weighted by Gasteiger charge is -1.69. The topological polar surface area (TPSA) is 0 Å². The SMILES string of the molecule is [B][B]CC#CC. The van der Waals surface area contributed by atoms with Crippen LogP contribution in [0.4, 0.5) is 0 Å². The molecule has 6 heavy (non-hydrogen) atoms. The van der Waals surface area contributed by atoms with Crippen molar-refractivity contribution in [1.29, 1.82) is 0 Å². The highest BCUT2D eigenvalue weighted by Crippen LogP contribution is 1.64. The monoisotopic (exact) mass is 75.1 g/mol. The van der Waals surface area contributed by atoms with E-state index < -0.39 is 0 Å². The molecule has 0 aromatic heterocycles. The molecule has 0 nitrogen and oxygen atoms in total. The summed E-state index contributed by atoms with van der Waals surface area (Å²) in [5, 5.41) is 0. The second kappa shape index (κ2) is 4.69. The van der Waals surface area contributed by atoms with Crippen molar-refractivity contribution in [2.45, 2.75) is 13.2 Å². The van der Waals surface area contributed by atoms with Crippen molar-refractivity contribution in [1.82, 2.24) is 0 Å². The van der Waals surface area contributed by atoms with Crippen molar-refractivity contribution in [2.75, 3.05) is 0 Å². The van der Waals surface area contributed by atoms with Crippen LogP contribution in [0.5, 0.6) is 0 Å². The van der Waals surface area contributed by atoms with E-state index in [9.17, 15) is 0 Å². The maximum atomic E-state index is 4.99. The highest BCUT2D eigenvalue weighted by atomic mass is 13.5. The minimum Gasteiger partial charge on any atom is -0.113 e. The average molecular weight is 74.7 g/mol. The van der Waals surface area contributed by atoms with Gasteiger partial charge in [-0.2, -0.15) is 0 Å². The van der Waals surface area contributed by atoms with Crippen molar-refractivity contribution in [3.63, 3.8) is 0 Å². The van der Waals surface area contributed by atoms with Gasteiger partial charge in [0.15, 0.2) is 0 Å². The standard InChI is InChI=1S/C4H5B2/c1-2-3-4-6-5/h4H2,1H3. The smallest absolute Gasteiger partial charge is 0.0706 e. The fraction of sp³-hybridized carbons (Fsp3) is 0.500. The summed E-state index contributed by atoms with van der Waals surface area (Å²) in [4.78, 5) is 0. The van der Waals surface area contributed by atoms with Gasteiger partial charge in [-0.3, -0.25) is 0 Å². The van der Waals surface area contributed by atoms with E-state index in [0.717, 1.165) is 0 Å². The van der Waals surface area contributed by atoms with Crippen molar-refractivity contribution in [3.05, 3.63) is 0 Å².